The van der Waals surface area contributed by atoms with Gasteiger partial charge in [0, 0.05) is 11.3 Å². The Morgan fingerprint density at radius 3 is 2.35 bits per heavy atom. The van der Waals surface area contributed by atoms with Crippen molar-refractivity contribution in [3.8, 4) is 5.75 Å². The van der Waals surface area contributed by atoms with Crippen molar-refractivity contribution in [1.82, 2.24) is 0 Å². The average molecular weight is 383 g/mol. The molecule has 0 radical (unpaired) electrons. The first-order valence-corrected chi connectivity index (χ1v) is 8.90. The molecule has 0 saturated carbocycles. The number of halogens is 2. The monoisotopic (exact) mass is 383 g/mol. The van der Waals surface area contributed by atoms with Crippen molar-refractivity contribution in [1.29, 1.82) is 0 Å². The van der Waals surface area contributed by atoms with Gasteiger partial charge in [0.2, 0.25) is 9.84 Å². The largest absolute Gasteiger partial charge is 0.484 e. The van der Waals surface area contributed by atoms with Crippen LogP contribution in [0.2, 0.25) is 0 Å². The highest BCUT2D eigenvalue weighted by molar-refractivity contribution is 7.91. The highest BCUT2D eigenvalue weighted by Crippen LogP contribution is 2.20. The highest BCUT2D eigenvalue weighted by Gasteiger charge is 2.26. The second-order valence-corrected chi connectivity index (χ2v) is 7.17. The van der Waals surface area contributed by atoms with Gasteiger partial charge in [-0.25, -0.2) is 8.42 Å². The maximum absolute atomic E-state index is 12.5. The Hall–Kier alpha value is -2.81. The van der Waals surface area contributed by atoms with Crippen LogP contribution in [0.1, 0.15) is 17.3 Å². The number of ether oxygens (including phenoxy) is 1. The molecule has 138 valence electrons. The minimum absolute atomic E-state index is 0.140. The van der Waals surface area contributed by atoms with Gasteiger partial charge in [0.1, 0.15) is 5.75 Å². The summed E-state index contributed by atoms with van der Waals surface area (Å²) in [4.78, 5) is 22.6. The second-order valence-electron chi connectivity index (χ2n) is 5.25. The summed E-state index contributed by atoms with van der Waals surface area (Å²) in [5.74, 6) is -3.85. The molecule has 0 saturated heterocycles. The number of amides is 1. The molecule has 26 heavy (non-hydrogen) atoms. The maximum atomic E-state index is 12.5. The molecule has 0 bridgehead atoms. The second kappa shape index (κ2) is 8.05. The molecule has 0 unspecified atom stereocenters. The number of rotatable bonds is 7. The summed E-state index contributed by atoms with van der Waals surface area (Å²) in [6.07, 6.45) is 0. The Morgan fingerprint density at radius 1 is 1.12 bits per heavy atom. The van der Waals surface area contributed by atoms with E-state index < -0.39 is 26.4 Å². The van der Waals surface area contributed by atoms with E-state index in [9.17, 15) is 26.8 Å². The smallest absolute Gasteiger partial charge is 0.341 e. The summed E-state index contributed by atoms with van der Waals surface area (Å²) >= 11 is 0. The fraction of sp³-hybridized carbons (Fsp3) is 0.176. The number of sulfone groups is 1. The Balaban J connectivity index is 1.96. The summed E-state index contributed by atoms with van der Waals surface area (Å²) in [5.41, 5.74) is 0.669. The molecule has 0 aliphatic carbocycles. The van der Waals surface area contributed by atoms with Crippen molar-refractivity contribution >= 4 is 27.2 Å². The van der Waals surface area contributed by atoms with E-state index in [2.05, 4.69) is 5.32 Å². The van der Waals surface area contributed by atoms with E-state index in [0.29, 0.717) is 11.3 Å². The molecule has 0 spiro atoms. The van der Waals surface area contributed by atoms with Crippen molar-refractivity contribution in [2.24, 2.45) is 0 Å². The third-order valence-electron chi connectivity index (χ3n) is 3.31. The number of alkyl halides is 2. The highest BCUT2D eigenvalue weighted by atomic mass is 32.2. The lowest BCUT2D eigenvalue weighted by molar-refractivity contribution is -0.118. The van der Waals surface area contributed by atoms with E-state index in [0.717, 1.165) is 12.1 Å². The molecule has 2 aromatic rings. The van der Waals surface area contributed by atoms with Gasteiger partial charge in [-0.05, 0) is 43.3 Å². The molecule has 2 rings (SSSR count). The molecular formula is C17H15F2NO5S. The van der Waals surface area contributed by atoms with Crippen LogP contribution in [-0.4, -0.2) is 32.5 Å². The molecule has 1 amide bonds. The molecule has 2 aromatic carbocycles. The molecule has 1 N–H and O–H groups in total. The molecule has 6 nitrogen and oxygen atoms in total. The van der Waals surface area contributed by atoms with Gasteiger partial charge in [-0.15, -0.1) is 0 Å². The van der Waals surface area contributed by atoms with E-state index in [1.54, 1.807) is 18.2 Å². The van der Waals surface area contributed by atoms with Gasteiger partial charge < -0.3 is 10.1 Å². The summed E-state index contributed by atoms with van der Waals surface area (Å²) in [6, 6.07) is 10.7. The lowest BCUT2D eigenvalue weighted by Gasteiger charge is -2.09. The van der Waals surface area contributed by atoms with Crippen LogP contribution in [0.25, 0.3) is 0 Å². The zero-order valence-corrected chi connectivity index (χ0v) is 14.4. The normalized spacial score (nSPS) is 11.2. The van der Waals surface area contributed by atoms with Crippen molar-refractivity contribution in [2.45, 2.75) is 17.6 Å². The fourth-order valence-corrected chi connectivity index (χ4v) is 2.70. The first kappa shape index (κ1) is 19.5. The summed E-state index contributed by atoms with van der Waals surface area (Å²) in [6.45, 7) is 1.06. The van der Waals surface area contributed by atoms with Gasteiger partial charge in [0.05, 0.1) is 4.90 Å². The maximum Gasteiger partial charge on any atom is 0.341 e. The van der Waals surface area contributed by atoms with Crippen LogP contribution < -0.4 is 10.1 Å². The van der Waals surface area contributed by atoms with Crippen molar-refractivity contribution in [3.63, 3.8) is 0 Å². The first-order valence-electron chi connectivity index (χ1n) is 7.36. The van der Waals surface area contributed by atoms with Crippen LogP contribution >= 0.6 is 0 Å². The molecule has 0 heterocycles. The minimum atomic E-state index is -4.68. The van der Waals surface area contributed by atoms with E-state index in [-0.39, 0.29) is 18.1 Å². The number of anilines is 1. The Morgan fingerprint density at radius 2 is 1.77 bits per heavy atom. The molecule has 0 atom stereocenters. The molecule has 0 aliphatic rings. The summed E-state index contributed by atoms with van der Waals surface area (Å²) in [5, 5.41) is 2.44. The first-order chi connectivity index (χ1) is 12.2. The number of ketones is 1. The molecule has 0 aliphatic heterocycles. The van der Waals surface area contributed by atoms with Crippen LogP contribution in [0.4, 0.5) is 14.5 Å². The third kappa shape index (κ3) is 4.85. The van der Waals surface area contributed by atoms with E-state index in [1.807, 2.05) is 0 Å². The zero-order chi connectivity index (χ0) is 19.3. The van der Waals surface area contributed by atoms with Crippen LogP contribution in [0.3, 0.4) is 0 Å². The van der Waals surface area contributed by atoms with Crippen LogP contribution in [0.5, 0.6) is 5.75 Å². The third-order valence-corrected chi connectivity index (χ3v) is 4.71. The predicted molar refractivity (Wildman–Crippen MR) is 90.2 cm³/mol. The number of benzene rings is 2. The number of carbonyl (C=O) groups excluding carboxylic acids is 2. The van der Waals surface area contributed by atoms with E-state index >= 15 is 0 Å². The van der Waals surface area contributed by atoms with Gasteiger partial charge in [-0.2, -0.15) is 8.78 Å². The lowest BCUT2D eigenvalue weighted by atomic mass is 10.1. The number of hydrogen-bond donors (Lipinski definition) is 1. The standard InChI is InChI=1S/C17H15F2NO5S/c1-11(21)12-3-2-4-14(9-12)25-10-16(22)20-13-5-7-15(8-6-13)26(23,24)17(18)19/h2-9,17H,10H2,1H3,(H,20,22). The van der Waals surface area contributed by atoms with Crippen LogP contribution in [-0.2, 0) is 14.6 Å². The minimum Gasteiger partial charge on any atom is -0.484 e. The van der Waals surface area contributed by atoms with Gasteiger partial charge in [-0.3, -0.25) is 9.59 Å². The zero-order valence-electron chi connectivity index (χ0n) is 13.6. The van der Waals surface area contributed by atoms with Gasteiger partial charge >= 0.3 is 5.76 Å². The van der Waals surface area contributed by atoms with Crippen molar-refractivity contribution in [3.05, 3.63) is 54.1 Å². The molecular weight excluding hydrogens is 368 g/mol. The van der Waals surface area contributed by atoms with Gasteiger partial charge in [0.15, 0.2) is 12.4 Å². The molecule has 9 heteroatoms. The predicted octanol–water partition coefficient (Wildman–Crippen LogP) is 2.90. The van der Waals surface area contributed by atoms with Crippen molar-refractivity contribution < 1.29 is 31.5 Å². The number of carbonyl (C=O) groups is 2. The summed E-state index contributed by atoms with van der Waals surface area (Å²) in [7, 11) is -4.68. The molecule has 0 fully saturated rings. The number of Topliss-reactive ketones (excluding diaryl/α,β-unsaturated/α-hetero) is 1. The van der Waals surface area contributed by atoms with Crippen molar-refractivity contribution in [2.75, 3.05) is 11.9 Å². The van der Waals surface area contributed by atoms with Crippen LogP contribution in [0, 0.1) is 0 Å². The van der Waals surface area contributed by atoms with Crippen LogP contribution in [0.15, 0.2) is 53.4 Å². The Labute approximate surface area is 148 Å². The topological polar surface area (TPSA) is 89.5 Å². The average Bonchev–Trinajstić information content (AvgIpc) is 2.60. The SMILES string of the molecule is CC(=O)c1cccc(OCC(=O)Nc2ccc(S(=O)(=O)C(F)F)cc2)c1. The summed E-state index contributed by atoms with van der Waals surface area (Å²) < 4.78 is 52.8. The molecule has 0 aromatic heterocycles. The number of nitrogens with one attached hydrogen (secondary N) is 1. The van der Waals surface area contributed by atoms with E-state index in [1.165, 1.54) is 25.1 Å². The quantitative estimate of drug-likeness (QED) is 0.743. The number of hydrogen-bond acceptors (Lipinski definition) is 5. The lowest BCUT2D eigenvalue weighted by Crippen LogP contribution is -2.20. The fourth-order valence-electron chi connectivity index (χ4n) is 1.98. The van der Waals surface area contributed by atoms with E-state index in [4.69, 9.17) is 4.74 Å². The van der Waals surface area contributed by atoms with Gasteiger partial charge in [-0.1, -0.05) is 12.1 Å². The Bertz CT molecular complexity index is 911. The van der Waals surface area contributed by atoms with Gasteiger partial charge in [0.25, 0.3) is 5.91 Å². The Kier molecular flexibility index (Phi) is 6.04.